The first-order valence-corrected chi connectivity index (χ1v) is 8.13. The van der Waals surface area contributed by atoms with Gasteiger partial charge in [0.2, 0.25) is 5.91 Å². The van der Waals surface area contributed by atoms with Gasteiger partial charge in [-0.05, 0) is 31.0 Å². The van der Waals surface area contributed by atoms with E-state index in [-0.39, 0.29) is 18.5 Å². The van der Waals surface area contributed by atoms with Crippen LogP contribution >= 0.6 is 11.6 Å². The van der Waals surface area contributed by atoms with Gasteiger partial charge in [-0.3, -0.25) is 9.59 Å². The summed E-state index contributed by atoms with van der Waals surface area (Å²) in [4.78, 5) is 29.2. The Balaban J connectivity index is 1.91. The lowest BCUT2D eigenvalue weighted by molar-refractivity contribution is -0.143. The molecule has 1 N–H and O–H groups in total. The number of fused-ring (bicyclic) bond motifs is 1. The van der Waals surface area contributed by atoms with Gasteiger partial charge in [0, 0.05) is 31.7 Å². The Morgan fingerprint density at radius 1 is 1.30 bits per heavy atom. The van der Waals surface area contributed by atoms with Crippen molar-refractivity contribution in [2.75, 3.05) is 43.0 Å². The minimum atomic E-state index is -0.974. The van der Waals surface area contributed by atoms with Crippen LogP contribution in [0.3, 0.4) is 0 Å². The standard InChI is InChI=1S/C16H20ClN3O3/c1-18-6-2-7-20(14-9-11(17)3-4-12(14)18)13-5-8-19(16(13)23)10-15(21)22/h3-4,9,13H,2,5-8,10H2,1H3,(H,21,22). The number of carboxylic acid groups (broad SMARTS) is 1. The van der Waals surface area contributed by atoms with Gasteiger partial charge in [-0.2, -0.15) is 0 Å². The van der Waals surface area contributed by atoms with Crippen molar-refractivity contribution in [3.8, 4) is 0 Å². The maximum absolute atomic E-state index is 12.6. The van der Waals surface area contributed by atoms with Crippen LogP contribution in [0.5, 0.6) is 0 Å². The molecule has 1 saturated heterocycles. The van der Waals surface area contributed by atoms with Crippen LogP contribution in [0.25, 0.3) is 0 Å². The number of nitrogens with zero attached hydrogens (tertiary/aromatic N) is 3. The summed E-state index contributed by atoms with van der Waals surface area (Å²) in [6.45, 7) is 1.92. The summed E-state index contributed by atoms with van der Waals surface area (Å²) >= 11 is 6.17. The highest BCUT2D eigenvalue weighted by atomic mass is 35.5. The van der Waals surface area contributed by atoms with E-state index in [1.54, 1.807) is 0 Å². The molecule has 6 nitrogen and oxygen atoms in total. The van der Waals surface area contributed by atoms with E-state index in [1.165, 1.54) is 4.90 Å². The van der Waals surface area contributed by atoms with E-state index in [2.05, 4.69) is 9.80 Å². The van der Waals surface area contributed by atoms with Crippen molar-refractivity contribution in [3.63, 3.8) is 0 Å². The molecule has 0 aromatic heterocycles. The Morgan fingerprint density at radius 2 is 2.09 bits per heavy atom. The van der Waals surface area contributed by atoms with Crippen molar-refractivity contribution in [1.29, 1.82) is 0 Å². The van der Waals surface area contributed by atoms with E-state index in [0.717, 1.165) is 30.9 Å². The number of halogens is 1. The zero-order valence-electron chi connectivity index (χ0n) is 13.0. The van der Waals surface area contributed by atoms with Gasteiger partial charge in [0.25, 0.3) is 0 Å². The van der Waals surface area contributed by atoms with Crippen LogP contribution in [-0.4, -0.2) is 61.2 Å². The van der Waals surface area contributed by atoms with E-state index in [1.807, 2.05) is 25.2 Å². The predicted molar refractivity (Wildman–Crippen MR) is 89.3 cm³/mol. The minimum absolute atomic E-state index is 0.108. The van der Waals surface area contributed by atoms with Gasteiger partial charge in [0.1, 0.15) is 12.6 Å². The zero-order chi connectivity index (χ0) is 16.6. The van der Waals surface area contributed by atoms with E-state index in [4.69, 9.17) is 16.7 Å². The van der Waals surface area contributed by atoms with Gasteiger partial charge in [-0.25, -0.2) is 0 Å². The largest absolute Gasteiger partial charge is 0.480 e. The SMILES string of the molecule is CN1CCCN(C2CCN(CC(=O)O)C2=O)c2cc(Cl)ccc21. The zero-order valence-corrected chi connectivity index (χ0v) is 13.8. The lowest BCUT2D eigenvalue weighted by Crippen LogP contribution is -2.43. The number of benzene rings is 1. The number of aliphatic carboxylic acids is 1. The summed E-state index contributed by atoms with van der Waals surface area (Å²) < 4.78 is 0. The summed E-state index contributed by atoms with van der Waals surface area (Å²) in [5.74, 6) is -1.08. The predicted octanol–water partition coefficient (Wildman–Crippen LogP) is 1.67. The first kappa shape index (κ1) is 15.9. The van der Waals surface area contributed by atoms with Gasteiger partial charge in [0.05, 0.1) is 11.4 Å². The fourth-order valence-corrected chi connectivity index (χ4v) is 3.59. The molecular weight excluding hydrogens is 318 g/mol. The Hall–Kier alpha value is -1.95. The molecule has 1 aromatic carbocycles. The normalized spacial score (nSPS) is 21.4. The van der Waals surface area contributed by atoms with Crippen molar-refractivity contribution in [2.45, 2.75) is 18.9 Å². The molecule has 1 amide bonds. The molecule has 2 aliphatic rings. The second kappa shape index (κ2) is 6.28. The number of carboxylic acids is 1. The van der Waals surface area contributed by atoms with Crippen molar-refractivity contribution in [1.82, 2.24) is 4.90 Å². The highest BCUT2D eigenvalue weighted by Crippen LogP contribution is 2.36. The van der Waals surface area contributed by atoms with Gasteiger partial charge < -0.3 is 19.8 Å². The van der Waals surface area contributed by atoms with Crippen molar-refractivity contribution >= 4 is 34.9 Å². The molecular formula is C16H20ClN3O3. The topological polar surface area (TPSA) is 64.1 Å². The lowest BCUT2D eigenvalue weighted by atomic mass is 10.1. The first-order chi connectivity index (χ1) is 11.0. The number of hydrogen-bond acceptors (Lipinski definition) is 4. The molecule has 1 fully saturated rings. The van der Waals surface area contributed by atoms with Crippen LogP contribution in [0.1, 0.15) is 12.8 Å². The number of amides is 1. The maximum Gasteiger partial charge on any atom is 0.323 e. The molecule has 1 aromatic rings. The molecule has 23 heavy (non-hydrogen) atoms. The fraction of sp³-hybridized carbons (Fsp3) is 0.500. The molecule has 2 aliphatic heterocycles. The monoisotopic (exact) mass is 337 g/mol. The first-order valence-electron chi connectivity index (χ1n) is 7.75. The minimum Gasteiger partial charge on any atom is -0.480 e. The van der Waals surface area contributed by atoms with Gasteiger partial charge in [-0.15, -0.1) is 0 Å². The molecule has 1 unspecified atom stereocenters. The third kappa shape index (κ3) is 3.08. The molecule has 1 atom stereocenters. The average Bonchev–Trinajstić information content (AvgIpc) is 2.75. The Labute approximate surface area is 140 Å². The van der Waals surface area contributed by atoms with Crippen LogP contribution in [0.15, 0.2) is 18.2 Å². The fourth-order valence-electron chi connectivity index (χ4n) is 3.42. The highest BCUT2D eigenvalue weighted by molar-refractivity contribution is 6.31. The lowest BCUT2D eigenvalue weighted by Gasteiger charge is -2.30. The molecule has 124 valence electrons. The summed E-state index contributed by atoms with van der Waals surface area (Å²) in [5.41, 5.74) is 2.00. The Kier molecular flexibility index (Phi) is 4.35. The highest BCUT2D eigenvalue weighted by Gasteiger charge is 2.38. The number of carbonyl (C=O) groups is 2. The van der Waals surface area contributed by atoms with Crippen molar-refractivity contribution < 1.29 is 14.7 Å². The van der Waals surface area contributed by atoms with E-state index < -0.39 is 5.97 Å². The summed E-state index contributed by atoms with van der Waals surface area (Å²) in [7, 11) is 2.03. The van der Waals surface area contributed by atoms with Gasteiger partial charge in [-0.1, -0.05) is 11.6 Å². The van der Waals surface area contributed by atoms with E-state index >= 15 is 0 Å². The number of rotatable bonds is 3. The van der Waals surface area contributed by atoms with Crippen molar-refractivity contribution in [3.05, 3.63) is 23.2 Å². The summed E-state index contributed by atoms with van der Waals surface area (Å²) in [6.07, 6.45) is 1.58. The van der Waals surface area contributed by atoms with E-state index in [0.29, 0.717) is 18.0 Å². The van der Waals surface area contributed by atoms with Crippen LogP contribution in [0.2, 0.25) is 5.02 Å². The van der Waals surface area contributed by atoms with Crippen LogP contribution < -0.4 is 9.80 Å². The molecule has 2 heterocycles. The summed E-state index contributed by atoms with van der Waals surface area (Å²) in [5, 5.41) is 9.57. The maximum atomic E-state index is 12.6. The third-order valence-electron chi connectivity index (χ3n) is 4.52. The molecule has 0 radical (unpaired) electrons. The number of hydrogen-bond donors (Lipinski definition) is 1. The Morgan fingerprint density at radius 3 is 2.83 bits per heavy atom. The Bertz CT molecular complexity index is 637. The van der Waals surface area contributed by atoms with E-state index in [9.17, 15) is 9.59 Å². The molecule has 0 spiro atoms. The number of carbonyl (C=O) groups excluding carboxylic acids is 1. The molecule has 0 bridgehead atoms. The number of anilines is 2. The van der Waals surface area contributed by atoms with Crippen molar-refractivity contribution in [2.24, 2.45) is 0 Å². The summed E-state index contributed by atoms with van der Waals surface area (Å²) in [6, 6.07) is 5.42. The number of likely N-dealkylation sites (tertiary alicyclic amines) is 1. The van der Waals surface area contributed by atoms with Crippen LogP contribution in [0.4, 0.5) is 11.4 Å². The van der Waals surface area contributed by atoms with Crippen LogP contribution in [-0.2, 0) is 9.59 Å². The second-order valence-electron chi connectivity index (χ2n) is 6.06. The quantitative estimate of drug-likeness (QED) is 0.909. The second-order valence-corrected chi connectivity index (χ2v) is 6.50. The molecule has 7 heteroatoms. The average molecular weight is 338 g/mol. The smallest absolute Gasteiger partial charge is 0.323 e. The van der Waals surface area contributed by atoms with Gasteiger partial charge >= 0.3 is 5.97 Å². The van der Waals surface area contributed by atoms with Gasteiger partial charge in [0.15, 0.2) is 0 Å². The molecule has 0 saturated carbocycles. The third-order valence-corrected chi connectivity index (χ3v) is 4.76. The molecule has 3 rings (SSSR count). The van der Waals surface area contributed by atoms with Crippen LogP contribution in [0, 0.1) is 0 Å². The molecule has 0 aliphatic carbocycles.